The molecule has 0 radical (unpaired) electrons. The molecule has 0 fully saturated rings. The lowest BCUT2D eigenvalue weighted by molar-refractivity contribution is -0.143. The number of thiocarbonyl (C=S) groups is 1. The van der Waals surface area contributed by atoms with E-state index in [1.54, 1.807) is 33.3 Å². The van der Waals surface area contributed by atoms with E-state index in [0.29, 0.717) is 24.5 Å². The normalized spacial score (nSPS) is 12.8. The summed E-state index contributed by atoms with van der Waals surface area (Å²) in [6, 6.07) is 2.32. The Balaban J connectivity index is 3.80. The van der Waals surface area contributed by atoms with Gasteiger partial charge in [-0.15, -0.1) is 11.8 Å². The fourth-order valence-electron chi connectivity index (χ4n) is 2.85. The Bertz CT molecular complexity index is 530. The molecule has 186 valence electrons. The van der Waals surface area contributed by atoms with Gasteiger partial charge in [0.2, 0.25) is 0 Å². The molecule has 1 N–H and O–H groups in total. The highest BCUT2D eigenvalue weighted by Gasteiger charge is 2.28. The maximum Gasteiger partial charge on any atom is 0.305 e. The van der Waals surface area contributed by atoms with Crippen LogP contribution < -0.4 is 0 Å². The van der Waals surface area contributed by atoms with Crippen molar-refractivity contribution in [3.63, 3.8) is 0 Å². The Morgan fingerprint density at radius 2 is 1.59 bits per heavy atom. The molecule has 0 heterocycles. The second-order valence-electron chi connectivity index (χ2n) is 7.81. The molecule has 0 saturated heterocycles. The zero-order chi connectivity index (χ0) is 23.9. The predicted octanol–water partition coefficient (Wildman–Crippen LogP) is 7.64. The Labute approximate surface area is 217 Å². The smallest absolute Gasteiger partial charge is 0.305 e. The van der Waals surface area contributed by atoms with Crippen molar-refractivity contribution >= 4 is 66.8 Å². The Morgan fingerprint density at radius 1 is 1.00 bits per heavy atom. The summed E-state index contributed by atoms with van der Waals surface area (Å²) >= 11 is 8.53. The number of hydrogen-bond acceptors (Lipinski definition) is 9. The van der Waals surface area contributed by atoms with E-state index in [2.05, 4.69) is 13.0 Å². The van der Waals surface area contributed by atoms with E-state index in [9.17, 15) is 10.1 Å². The molecule has 0 amide bonds. The maximum absolute atomic E-state index is 11.9. The number of aliphatic hydroxyl groups excluding tert-OH is 1. The van der Waals surface area contributed by atoms with E-state index in [4.69, 9.17) is 22.1 Å². The molecule has 0 rings (SSSR count). The van der Waals surface area contributed by atoms with Gasteiger partial charge in [-0.2, -0.15) is 5.26 Å². The van der Waals surface area contributed by atoms with Crippen LogP contribution in [-0.4, -0.2) is 49.8 Å². The quantitative estimate of drug-likeness (QED) is 0.0685. The van der Waals surface area contributed by atoms with Crippen LogP contribution in [0.5, 0.6) is 0 Å². The molecule has 1 atom stereocenters. The van der Waals surface area contributed by atoms with Gasteiger partial charge in [-0.1, -0.05) is 110 Å². The third-order valence-electron chi connectivity index (χ3n) is 4.76. The summed E-state index contributed by atoms with van der Waals surface area (Å²) in [6.45, 7) is 4.61. The van der Waals surface area contributed by atoms with Crippen LogP contribution in [0.4, 0.5) is 0 Å². The fraction of sp³-hybridized carbons (Fsp3) is 0.870. The van der Waals surface area contributed by atoms with E-state index < -0.39 is 4.75 Å². The highest BCUT2D eigenvalue weighted by Crippen LogP contribution is 2.35. The minimum Gasteiger partial charge on any atom is -0.465 e. The Morgan fingerprint density at radius 3 is 2.19 bits per heavy atom. The van der Waals surface area contributed by atoms with Crippen molar-refractivity contribution < 1.29 is 14.6 Å². The first-order chi connectivity index (χ1) is 15.5. The second kappa shape index (κ2) is 23.2. The van der Waals surface area contributed by atoms with Crippen molar-refractivity contribution in [3.05, 3.63) is 0 Å². The average Bonchev–Trinajstić information content (AvgIpc) is 2.78. The van der Waals surface area contributed by atoms with Gasteiger partial charge in [0, 0.05) is 17.9 Å². The lowest BCUT2D eigenvalue weighted by Crippen LogP contribution is -2.21. The van der Waals surface area contributed by atoms with Crippen LogP contribution >= 0.6 is 57.3 Å². The molecular formula is C23H41NO3S5. The minimum atomic E-state index is -0.702. The molecule has 0 spiro atoms. The van der Waals surface area contributed by atoms with Gasteiger partial charge in [0.1, 0.15) is 14.9 Å². The standard InChI is InChI=1S/C23H41NO3S5/c1-3-4-5-6-7-8-9-10-11-12-17-29-22(28)32-23(2,20-24)14-13-21(26)27-16-19-31-30-18-15-25/h25H,3-19H2,1-2H3. The molecular weight excluding hydrogens is 499 g/mol. The zero-order valence-corrected chi connectivity index (χ0v) is 23.9. The first-order valence-electron chi connectivity index (χ1n) is 11.8. The van der Waals surface area contributed by atoms with Gasteiger partial charge in [-0.05, 0) is 25.5 Å². The summed E-state index contributed by atoms with van der Waals surface area (Å²) in [4.78, 5) is 11.9. The van der Waals surface area contributed by atoms with Gasteiger partial charge in [0.25, 0.3) is 0 Å². The van der Waals surface area contributed by atoms with Crippen molar-refractivity contribution in [2.24, 2.45) is 0 Å². The first-order valence-corrected chi connectivity index (χ1v) is 16.4. The number of thioether (sulfide) groups is 2. The second-order valence-corrected chi connectivity index (χ2v) is 14.3. The zero-order valence-electron chi connectivity index (χ0n) is 19.8. The summed E-state index contributed by atoms with van der Waals surface area (Å²) < 4.78 is 5.30. The van der Waals surface area contributed by atoms with Crippen LogP contribution in [0.15, 0.2) is 0 Å². The average molecular weight is 540 g/mol. The third kappa shape index (κ3) is 21.0. The Kier molecular flexibility index (Phi) is 23.5. The minimum absolute atomic E-state index is 0.154. The van der Waals surface area contributed by atoms with E-state index >= 15 is 0 Å². The number of aliphatic hydroxyl groups is 1. The number of esters is 1. The number of carbonyl (C=O) groups is 1. The van der Waals surface area contributed by atoms with Gasteiger partial charge < -0.3 is 9.84 Å². The van der Waals surface area contributed by atoms with Crippen LogP contribution in [-0.2, 0) is 9.53 Å². The van der Waals surface area contributed by atoms with E-state index in [1.165, 1.54) is 69.5 Å². The molecule has 0 aliphatic rings. The van der Waals surface area contributed by atoms with Crippen molar-refractivity contribution in [1.29, 1.82) is 5.26 Å². The molecule has 0 aromatic heterocycles. The number of unbranched alkanes of at least 4 members (excludes halogenated alkanes) is 9. The monoisotopic (exact) mass is 539 g/mol. The molecule has 9 heteroatoms. The van der Waals surface area contributed by atoms with Crippen molar-refractivity contribution in [1.82, 2.24) is 0 Å². The lowest BCUT2D eigenvalue weighted by atomic mass is 10.1. The summed E-state index contributed by atoms with van der Waals surface area (Å²) in [5, 5.41) is 18.3. The van der Waals surface area contributed by atoms with Crippen LogP contribution in [0.2, 0.25) is 0 Å². The molecule has 4 nitrogen and oxygen atoms in total. The highest BCUT2D eigenvalue weighted by molar-refractivity contribution is 8.76. The fourth-order valence-corrected chi connectivity index (χ4v) is 7.41. The summed E-state index contributed by atoms with van der Waals surface area (Å²) in [7, 11) is 3.14. The number of nitrogens with zero attached hydrogens (tertiary/aromatic N) is 1. The number of carbonyl (C=O) groups excluding carboxylic acids is 1. The molecule has 0 aliphatic heterocycles. The molecule has 0 saturated carbocycles. The molecule has 32 heavy (non-hydrogen) atoms. The van der Waals surface area contributed by atoms with Crippen LogP contribution in [0.3, 0.4) is 0 Å². The summed E-state index contributed by atoms with van der Waals surface area (Å²) in [5.74, 6) is 2.09. The predicted molar refractivity (Wildman–Crippen MR) is 151 cm³/mol. The topological polar surface area (TPSA) is 70.3 Å². The van der Waals surface area contributed by atoms with Gasteiger partial charge in [0.15, 0.2) is 0 Å². The number of nitriles is 1. The number of hydrogen-bond donors (Lipinski definition) is 1. The number of rotatable bonds is 21. The van der Waals surface area contributed by atoms with Crippen molar-refractivity contribution in [2.75, 3.05) is 30.5 Å². The summed E-state index contributed by atoms with van der Waals surface area (Å²) in [6.07, 6.45) is 13.9. The van der Waals surface area contributed by atoms with Gasteiger partial charge in [-0.3, -0.25) is 4.79 Å². The van der Waals surface area contributed by atoms with Crippen molar-refractivity contribution in [3.8, 4) is 6.07 Å². The SMILES string of the molecule is CCCCCCCCCCCCSC(=S)SC(C)(C#N)CCC(=O)OCCSSCCO. The molecule has 0 bridgehead atoms. The largest absolute Gasteiger partial charge is 0.465 e. The van der Waals surface area contributed by atoms with Gasteiger partial charge in [0.05, 0.1) is 12.7 Å². The first kappa shape index (κ1) is 32.4. The Hall–Kier alpha value is 0.410. The third-order valence-corrected chi connectivity index (χ3v) is 9.95. The van der Waals surface area contributed by atoms with Gasteiger partial charge in [-0.25, -0.2) is 0 Å². The molecule has 0 aliphatic carbocycles. The van der Waals surface area contributed by atoms with Crippen LogP contribution in [0.1, 0.15) is 90.9 Å². The van der Waals surface area contributed by atoms with Crippen molar-refractivity contribution in [2.45, 2.75) is 95.6 Å². The maximum atomic E-state index is 11.9. The molecule has 1 unspecified atom stereocenters. The molecule has 0 aromatic rings. The van der Waals surface area contributed by atoms with E-state index in [0.717, 1.165) is 15.7 Å². The highest BCUT2D eigenvalue weighted by atomic mass is 33.1. The van der Waals surface area contributed by atoms with Gasteiger partial charge >= 0.3 is 5.97 Å². The molecule has 0 aromatic carbocycles. The number of ether oxygens (including phenoxy) is 1. The van der Waals surface area contributed by atoms with E-state index in [-0.39, 0.29) is 19.0 Å². The van der Waals surface area contributed by atoms with Crippen LogP contribution in [0, 0.1) is 11.3 Å². The van der Waals surface area contributed by atoms with Crippen LogP contribution in [0.25, 0.3) is 0 Å². The lowest BCUT2D eigenvalue weighted by Gasteiger charge is -2.20. The van der Waals surface area contributed by atoms with E-state index in [1.807, 2.05) is 6.92 Å². The summed E-state index contributed by atoms with van der Waals surface area (Å²) in [5.41, 5.74) is 0.